The van der Waals surface area contributed by atoms with Crippen LogP contribution in [-0.2, 0) is 19.5 Å². The SMILES string of the molecule is CCCCCCCCCCCCCCCCCCn1cc[n+](CCCCCCCCCCC)c1CCCCCCCCCCC. The fourth-order valence-corrected chi connectivity index (χ4v) is 7.21. The highest BCUT2D eigenvalue weighted by atomic mass is 15.1. The Bertz CT molecular complexity index is 692. The summed E-state index contributed by atoms with van der Waals surface area (Å²) >= 11 is 0. The van der Waals surface area contributed by atoms with Crippen LogP contribution in [0.4, 0.5) is 0 Å². The highest BCUT2D eigenvalue weighted by Gasteiger charge is 2.16. The lowest BCUT2D eigenvalue weighted by Crippen LogP contribution is -2.37. The van der Waals surface area contributed by atoms with Crippen molar-refractivity contribution >= 4 is 0 Å². The summed E-state index contributed by atoms with van der Waals surface area (Å²) in [5.41, 5.74) is 0. The van der Waals surface area contributed by atoms with E-state index in [4.69, 9.17) is 0 Å². The van der Waals surface area contributed by atoms with Crippen molar-refractivity contribution in [2.24, 2.45) is 0 Å². The van der Waals surface area contributed by atoms with Crippen LogP contribution in [0.3, 0.4) is 0 Å². The predicted octanol–water partition coefficient (Wildman–Crippen LogP) is 14.6. The van der Waals surface area contributed by atoms with Gasteiger partial charge in [0.05, 0.1) is 13.1 Å². The van der Waals surface area contributed by atoms with E-state index in [0.717, 1.165) is 0 Å². The van der Waals surface area contributed by atoms with Gasteiger partial charge in [0.1, 0.15) is 12.4 Å². The maximum Gasteiger partial charge on any atom is 0.256 e. The first-order valence-electron chi connectivity index (χ1n) is 21.4. The van der Waals surface area contributed by atoms with E-state index in [0.29, 0.717) is 0 Å². The lowest BCUT2D eigenvalue weighted by Gasteiger charge is -2.07. The Balaban J connectivity index is 2.24. The molecule has 1 aromatic heterocycles. The molecule has 0 saturated heterocycles. The second-order valence-electron chi connectivity index (χ2n) is 14.8. The van der Waals surface area contributed by atoms with Crippen LogP contribution in [0.2, 0.25) is 0 Å². The Labute approximate surface area is 285 Å². The molecule has 45 heavy (non-hydrogen) atoms. The van der Waals surface area contributed by atoms with Crippen molar-refractivity contribution in [1.82, 2.24) is 4.57 Å². The molecule has 0 aliphatic heterocycles. The van der Waals surface area contributed by atoms with Crippen molar-refractivity contribution in [3.05, 3.63) is 18.2 Å². The number of hydrogen-bond acceptors (Lipinski definition) is 0. The molecule has 2 heteroatoms. The van der Waals surface area contributed by atoms with Crippen molar-refractivity contribution in [3.8, 4) is 0 Å². The molecular formula is C43H85N2+. The van der Waals surface area contributed by atoms with Crippen LogP contribution < -0.4 is 4.57 Å². The Morgan fingerprint density at radius 3 is 1.07 bits per heavy atom. The molecular weight excluding hydrogens is 544 g/mol. The zero-order valence-electron chi connectivity index (χ0n) is 31.7. The number of unbranched alkanes of at least 4 members (excludes halogenated alkanes) is 31. The molecule has 0 amide bonds. The number of imidazole rings is 1. The molecule has 0 N–H and O–H groups in total. The first-order valence-corrected chi connectivity index (χ1v) is 21.4. The second kappa shape index (κ2) is 34.5. The Kier molecular flexibility index (Phi) is 32.4. The number of rotatable bonds is 37. The topological polar surface area (TPSA) is 8.81 Å². The molecule has 0 aromatic carbocycles. The molecule has 0 saturated carbocycles. The monoisotopic (exact) mass is 630 g/mol. The van der Waals surface area contributed by atoms with Crippen LogP contribution in [0.15, 0.2) is 12.4 Å². The molecule has 0 bridgehead atoms. The summed E-state index contributed by atoms with van der Waals surface area (Å²) < 4.78 is 5.28. The summed E-state index contributed by atoms with van der Waals surface area (Å²) in [7, 11) is 0. The van der Waals surface area contributed by atoms with Gasteiger partial charge in [0, 0.05) is 6.42 Å². The highest BCUT2D eigenvalue weighted by molar-refractivity contribution is 4.84. The molecule has 0 aliphatic carbocycles. The van der Waals surface area contributed by atoms with Gasteiger partial charge in [-0.25, -0.2) is 9.13 Å². The van der Waals surface area contributed by atoms with Gasteiger partial charge in [0.2, 0.25) is 0 Å². The maximum atomic E-state index is 2.64. The lowest BCUT2D eigenvalue weighted by molar-refractivity contribution is -0.704. The smallest absolute Gasteiger partial charge is 0.234 e. The molecule has 0 spiro atoms. The fraction of sp³-hybridized carbons (Fsp3) is 0.930. The van der Waals surface area contributed by atoms with E-state index in [-0.39, 0.29) is 0 Å². The maximum absolute atomic E-state index is 2.64. The first-order chi connectivity index (χ1) is 22.3. The average molecular weight is 630 g/mol. The summed E-state index contributed by atoms with van der Waals surface area (Å²) in [4.78, 5) is 0. The van der Waals surface area contributed by atoms with E-state index in [1.54, 1.807) is 5.82 Å². The number of aromatic nitrogens is 2. The standard InChI is InChI=1S/C43H85N2/c1-4-7-10-13-16-19-20-21-22-23-24-25-28-31-34-37-40-45-42-41-44(39-36-33-30-27-18-15-12-9-6-3)43(45)38-35-32-29-26-17-14-11-8-5-2/h41-42H,4-40H2,1-3H3/q+1. The van der Waals surface area contributed by atoms with Crippen LogP contribution >= 0.6 is 0 Å². The van der Waals surface area contributed by atoms with E-state index < -0.39 is 0 Å². The van der Waals surface area contributed by atoms with Gasteiger partial charge in [-0.1, -0.05) is 207 Å². The van der Waals surface area contributed by atoms with Gasteiger partial charge in [0.25, 0.3) is 5.82 Å². The van der Waals surface area contributed by atoms with Gasteiger partial charge in [-0.2, -0.15) is 0 Å². The van der Waals surface area contributed by atoms with Crippen molar-refractivity contribution < 1.29 is 4.57 Å². The first kappa shape index (κ1) is 42.2. The van der Waals surface area contributed by atoms with E-state index in [1.165, 1.54) is 238 Å². The summed E-state index contributed by atoms with van der Waals surface area (Å²) in [6.45, 7) is 9.41. The molecule has 0 aliphatic rings. The van der Waals surface area contributed by atoms with E-state index >= 15 is 0 Å². The zero-order chi connectivity index (χ0) is 32.3. The van der Waals surface area contributed by atoms with Gasteiger partial charge in [-0.05, 0) is 32.1 Å². The van der Waals surface area contributed by atoms with Gasteiger partial charge < -0.3 is 0 Å². The molecule has 266 valence electrons. The molecule has 0 fully saturated rings. The highest BCUT2D eigenvalue weighted by Crippen LogP contribution is 2.16. The van der Waals surface area contributed by atoms with Crippen molar-refractivity contribution in [3.63, 3.8) is 0 Å². The average Bonchev–Trinajstić information content (AvgIpc) is 3.43. The number of aryl methyl sites for hydroxylation is 2. The van der Waals surface area contributed by atoms with Crippen LogP contribution in [-0.4, -0.2) is 4.57 Å². The van der Waals surface area contributed by atoms with Crippen molar-refractivity contribution in [2.75, 3.05) is 0 Å². The van der Waals surface area contributed by atoms with Crippen molar-refractivity contribution in [1.29, 1.82) is 0 Å². The number of nitrogens with zero attached hydrogens (tertiary/aromatic N) is 2. The fourth-order valence-electron chi connectivity index (χ4n) is 7.21. The summed E-state index contributed by atoms with van der Waals surface area (Å²) in [5.74, 6) is 1.62. The Morgan fingerprint density at radius 2 is 0.689 bits per heavy atom. The van der Waals surface area contributed by atoms with Crippen LogP contribution in [0.25, 0.3) is 0 Å². The Morgan fingerprint density at radius 1 is 0.378 bits per heavy atom. The minimum atomic E-state index is 1.23. The minimum absolute atomic E-state index is 1.23. The molecule has 1 heterocycles. The predicted molar refractivity (Wildman–Crippen MR) is 202 cm³/mol. The molecule has 1 rings (SSSR count). The van der Waals surface area contributed by atoms with Crippen LogP contribution in [0, 0.1) is 0 Å². The molecule has 0 unspecified atom stereocenters. The van der Waals surface area contributed by atoms with E-state index in [2.05, 4.69) is 42.3 Å². The quantitative estimate of drug-likeness (QED) is 0.0511. The Hall–Kier alpha value is -0.790. The summed E-state index contributed by atoms with van der Waals surface area (Å²) in [6, 6.07) is 0. The molecule has 0 radical (unpaired) electrons. The third-order valence-corrected chi connectivity index (χ3v) is 10.3. The minimum Gasteiger partial charge on any atom is -0.234 e. The summed E-state index contributed by atoms with van der Waals surface area (Å²) in [6.07, 6.45) is 54.9. The second-order valence-corrected chi connectivity index (χ2v) is 14.8. The van der Waals surface area contributed by atoms with E-state index in [9.17, 15) is 0 Å². The van der Waals surface area contributed by atoms with Gasteiger partial charge in [0.15, 0.2) is 0 Å². The van der Waals surface area contributed by atoms with E-state index in [1.807, 2.05) is 0 Å². The largest absolute Gasteiger partial charge is 0.256 e. The van der Waals surface area contributed by atoms with Crippen LogP contribution in [0.5, 0.6) is 0 Å². The number of hydrogen-bond donors (Lipinski definition) is 0. The lowest BCUT2D eigenvalue weighted by atomic mass is 10.0. The third-order valence-electron chi connectivity index (χ3n) is 10.3. The molecule has 1 aromatic rings. The zero-order valence-corrected chi connectivity index (χ0v) is 31.7. The van der Waals surface area contributed by atoms with Crippen LogP contribution in [0.1, 0.15) is 245 Å². The molecule has 2 nitrogen and oxygen atoms in total. The van der Waals surface area contributed by atoms with Gasteiger partial charge >= 0.3 is 0 Å². The third kappa shape index (κ3) is 26.9. The van der Waals surface area contributed by atoms with Gasteiger partial charge in [-0.3, -0.25) is 0 Å². The normalized spacial score (nSPS) is 11.6. The summed E-state index contributed by atoms with van der Waals surface area (Å²) in [5, 5.41) is 0. The van der Waals surface area contributed by atoms with Gasteiger partial charge in [-0.15, -0.1) is 0 Å². The van der Waals surface area contributed by atoms with Crippen molar-refractivity contribution in [2.45, 2.75) is 259 Å². The molecule has 0 atom stereocenters.